The predicted octanol–water partition coefficient (Wildman–Crippen LogP) is 3.20. The lowest BCUT2D eigenvalue weighted by molar-refractivity contribution is 0.205. The largest absolute Gasteiger partial charge is 0.496 e. The van der Waals surface area contributed by atoms with E-state index in [1.807, 2.05) is 12.1 Å². The van der Waals surface area contributed by atoms with E-state index >= 15 is 0 Å². The molecule has 3 aromatic rings. The van der Waals surface area contributed by atoms with E-state index in [4.69, 9.17) is 4.74 Å². The van der Waals surface area contributed by atoms with Crippen LogP contribution in [0.5, 0.6) is 5.75 Å². The zero-order valence-corrected chi connectivity index (χ0v) is 15.6. The summed E-state index contributed by atoms with van der Waals surface area (Å²) >= 11 is 0. The number of methoxy groups -OCH3 is 1. The fraction of sp³-hybridized carbons (Fsp3) is 0.250. The number of urea groups is 1. The van der Waals surface area contributed by atoms with Crippen LogP contribution in [0.4, 0.5) is 9.18 Å². The summed E-state index contributed by atoms with van der Waals surface area (Å²) in [6.07, 6.45) is 4.20. The van der Waals surface area contributed by atoms with Crippen molar-refractivity contribution in [2.45, 2.75) is 6.42 Å². The lowest BCUT2D eigenvalue weighted by Gasteiger charge is -2.25. The fourth-order valence-corrected chi connectivity index (χ4v) is 3.45. The summed E-state index contributed by atoms with van der Waals surface area (Å²) in [7, 11) is 3.17. The standard InChI is InChI=1S/C20H20FN5O2/c1-22-20(27)26-7-5-12(6-8-26)16-10-15-18(23-11-24-19(15)25-16)14-9-13(21)3-4-17(14)28-2/h3-5,9-11H,6-8H2,1-2H3,(H,22,27)(H,23,24,25). The number of amides is 2. The highest BCUT2D eigenvalue weighted by molar-refractivity contribution is 5.94. The molecule has 0 spiro atoms. The second-order valence-electron chi connectivity index (χ2n) is 6.49. The van der Waals surface area contributed by atoms with Gasteiger partial charge < -0.3 is 19.9 Å². The number of ether oxygens (including phenoxy) is 1. The van der Waals surface area contributed by atoms with E-state index in [-0.39, 0.29) is 11.8 Å². The van der Waals surface area contributed by atoms with Gasteiger partial charge in [0.15, 0.2) is 0 Å². The highest BCUT2D eigenvalue weighted by Crippen LogP contribution is 2.35. The van der Waals surface area contributed by atoms with Crippen LogP contribution >= 0.6 is 0 Å². The molecule has 1 aromatic carbocycles. The summed E-state index contributed by atoms with van der Waals surface area (Å²) in [6, 6.07) is 6.24. The molecule has 0 saturated carbocycles. The molecule has 2 N–H and O–H groups in total. The third kappa shape index (κ3) is 3.17. The lowest BCUT2D eigenvalue weighted by atomic mass is 10.0. The van der Waals surface area contributed by atoms with Crippen LogP contribution in [-0.2, 0) is 0 Å². The normalized spacial score (nSPS) is 14.1. The Labute approximate surface area is 161 Å². The Balaban J connectivity index is 1.74. The topological polar surface area (TPSA) is 83.1 Å². The Morgan fingerprint density at radius 1 is 1.32 bits per heavy atom. The van der Waals surface area contributed by atoms with Crippen molar-refractivity contribution in [1.82, 2.24) is 25.2 Å². The van der Waals surface area contributed by atoms with Crippen molar-refractivity contribution in [2.75, 3.05) is 27.2 Å². The molecule has 144 valence electrons. The molecule has 2 aromatic heterocycles. The molecule has 7 nitrogen and oxygen atoms in total. The molecule has 3 heterocycles. The van der Waals surface area contributed by atoms with Gasteiger partial charge in [-0.25, -0.2) is 19.2 Å². The number of benzene rings is 1. The van der Waals surface area contributed by atoms with Crippen LogP contribution in [0.1, 0.15) is 12.1 Å². The molecule has 1 aliphatic rings. The number of aromatic nitrogens is 3. The molecule has 0 radical (unpaired) electrons. The Morgan fingerprint density at radius 2 is 2.18 bits per heavy atom. The number of fused-ring (bicyclic) bond motifs is 1. The molecular weight excluding hydrogens is 361 g/mol. The minimum Gasteiger partial charge on any atom is -0.496 e. The second-order valence-corrected chi connectivity index (χ2v) is 6.49. The first-order valence-corrected chi connectivity index (χ1v) is 8.94. The fourth-order valence-electron chi connectivity index (χ4n) is 3.45. The molecule has 0 aliphatic carbocycles. The van der Waals surface area contributed by atoms with E-state index in [1.54, 1.807) is 25.1 Å². The van der Waals surface area contributed by atoms with Crippen molar-refractivity contribution >= 4 is 22.6 Å². The van der Waals surface area contributed by atoms with E-state index in [1.165, 1.54) is 18.5 Å². The molecule has 28 heavy (non-hydrogen) atoms. The average Bonchev–Trinajstić information content (AvgIpc) is 3.17. The Bertz CT molecular complexity index is 1080. The summed E-state index contributed by atoms with van der Waals surface area (Å²) < 4.78 is 19.2. The summed E-state index contributed by atoms with van der Waals surface area (Å²) in [5, 5.41) is 3.43. The predicted molar refractivity (Wildman–Crippen MR) is 104 cm³/mol. The first-order chi connectivity index (χ1) is 13.6. The molecule has 0 atom stereocenters. The first kappa shape index (κ1) is 18.0. The smallest absolute Gasteiger partial charge is 0.317 e. The number of carbonyl (C=O) groups is 1. The van der Waals surface area contributed by atoms with Crippen molar-refractivity contribution in [1.29, 1.82) is 0 Å². The SMILES string of the molecule is CNC(=O)N1CC=C(c2cc3c(-c4cc(F)ccc4OC)ncnc3[nH]2)CC1. The molecule has 0 saturated heterocycles. The molecule has 0 unspecified atom stereocenters. The van der Waals surface area contributed by atoms with Crippen molar-refractivity contribution in [3.63, 3.8) is 0 Å². The molecule has 2 amide bonds. The number of nitrogens with one attached hydrogen (secondary N) is 2. The molecule has 8 heteroatoms. The maximum Gasteiger partial charge on any atom is 0.317 e. The van der Waals surface area contributed by atoms with Gasteiger partial charge in [-0.15, -0.1) is 0 Å². The summed E-state index contributed by atoms with van der Waals surface area (Å²) in [4.78, 5) is 25.5. The summed E-state index contributed by atoms with van der Waals surface area (Å²) in [5.41, 5.74) is 3.87. The van der Waals surface area contributed by atoms with Gasteiger partial charge in [0.05, 0.1) is 12.8 Å². The Hall–Kier alpha value is -3.42. The zero-order chi connectivity index (χ0) is 19.7. The molecule has 0 fully saturated rings. The number of rotatable bonds is 3. The highest BCUT2D eigenvalue weighted by Gasteiger charge is 2.20. The van der Waals surface area contributed by atoms with Gasteiger partial charge in [-0.3, -0.25) is 0 Å². The van der Waals surface area contributed by atoms with Gasteiger partial charge in [0.25, 0.3) is 0 Å². The molecule has 1 aliphatic heterocycles. The quantitative estimate of drug-likeness (QED) is 0.730. The number of hydrogen-bond acceptors (Lipinski definition) is 4. The zero-order valence-electron chi connectivity index (χ0n) is 15.6. The van der Waals surface area contributed by atoms with Crippen LogP contribution in [0.25, 0.3) is 27.9 Å². The van der Waals surface area contributed by atoms with Crippen LogP contribution in [0.2, 0.25) is 0 Å². The van der Waals surface area contributed by atoms with Crippen LogP contribution in [0, 0.1) is 5.82 Å². The average molecular weight is 381 g/mol. The van der Waals surface area contributed by atoms with Crippen LogP contribution in [0.15, 0.2) is 36.7 Å². The Morgan fingerprint density at radius 3 is 2.89 bits per heavy atom. The number of halogens is 1. The van der Waals surface area contributed by atoms with Crippen molar-refractivity contribution in [2.24, 2.45) is 0 Å². The lowest BCUT2D eigenvalue weighted by Crippen LogP contribution is -2.40. The van der Waals surface area contributed by atoms with Gasteiger partial charge in [0, 0.05) is 36.8 Å². The van der Waals surface area contributed by atoms with Crippen LogP contribution in [-0.4, -0.2) is 53.1 Å². The van der Waals surface area contributed by atoms with E-state index in [2.05, 4.69) is 20.3 Å². The van der Waals surface area contributed by atoms with Gasteiger partial charge >= 0.3 is 6.03 Å². The van der Waals surface area contributed by atoms with Crippen LogP contribution < -0.4 is 10.1 Å². The maximum atomic E-state index is 13.8. The number of aromatic amines is 1. The van der Waals surface area contributed by atoms with Crippen molar-refractivity contribution in [3.8, 4) is 17.0 Å². The van der Waals surface area contributed by atoms with Gasteiger partial charge in [0.2, 0.25) is 0 Å². The Kier molecular flexibility index (Phi) is 4.68. The van der Waals surface area contributed by atoms with E-state index in [0.29, 0.717) is 35.7 Å². The van der Waals surface area contributed by atoms with Gasteiger partial charge in [0.1, 0.15) is 23.5 Å². The molecule has 0 bridgehead atoms. The first-order valence-electron chi connectivity index (χ1n) is 8.94. The summed E-state index contributed by atoms with van der Waals surface area (Å²) in [6.45, 7) is 1.18. The van der Waals surface area contributed by atoms with E-state index in [0.717, 1.165) is 23.1 Å². The number of hydrogen-bond donors (Lipinski definition) is 2. The van der Waals surface area contributed by atoms with Gasteiger partial charge in [-0.05, 0) is 36.3 Å². The maximum absolute atomic E-state index is 13.8. The van der Waals surface area contributed by atoms with Crippen molar-refractivity contribution < 1.29 is 13.9 Å². The third-order valence-electron chi connectivity index (χ3n) is 4.90. The number of carbonyl (C=O) groups excluding carboxylic acids is 1. The number of nitrogens with zero attached hydrogens (tertiary/aromatic N) is 3. The van der Waals surface area contributed by atoms with Gasteiger partial charge in [-0.1, -0.05) is 6.08 Å². The van der Waals surface area contributed by atoms with Crippen molar-refractivity contribution in [3.05, 3.63) is 48.2 Å². The minimum atomic E-state index is -0.359. The summed E-state index contributed by atoms with van der Waals surface area (Å²) in [5.74, 6) is 0.185. The highest BCUT2D eigenvalue weighted by atomic mass is 19.1. The number of H-pyrrole nitrogens is 1. The molecular formula is C20H20FN5O2. The van der Waals surface area contributed by atoms with E-state index < -0.39 is 0 Å². The minimum absolute atomic E-state index is 0.0849. The second kappa shape index (κ2) is 7.30. The van der Waals surface area contributed by atoms with Gasteiger partial charge in [-0.2, -0.15) is 0 Å². The third-order valence-corrected chi connectivity index (χ3v) is 4.90. The van der Waals surface area contributed by atoms with Crippen LogP contribution in [0.3, 0.4) is 0 Å². The molecule has 4 rings (SSSR count). The van der Waals surface area contributed by atoms with E-state index in [9.17, 15) is 9.18 Å². The monoisotopic (exact) mass is 381 g/mol.